The molecular formula is C12H8Cl2N4S. The number of thiocarbonyl (C=S) groups is 1. The fraction of sp³-hybridized carbons (Fsp3) is 0. The maximum atomic E-state index is 8.31. The Kier molecular flexibility index (Phi) is 6.16. The fourth-order valence-electron chi connectivity index (χ4n) is 1.02. The minimum atomic E-state index is 0.315. The van der Waals surface area contributed by atoms with Crippen LogP contribution in [-0.2, 0) is 0 Å². The molecule has 96 valence electrons. The largest absolute Gasteiger partial charge is 0.389 e. The molecule has 0 fully saturated rings. The van der Waals surface area contributed by atoms with Gasteiger partial charge in [0.2, 0.25) is 0 Å². The predicted molar refractivity (Wildman–Crippen MR) is 79.1 cm³/mol. The fourth-order valence-corrected chi connectivity index (χ4v) is 1.48. The molecule has 19 heavy (non-hydrogen) atoms. The van der Waals surface area contributed by atoms with Gasteiger partial charge in [0, 0.05) is 30.4 Å². The third-order valence-corrected chi connectivity index (χ3v) is 2.47. The highest BCUT2D eigenvalue weighted by atomic mass is 35.5. The van der Waals surface area contributed by atoms with Gasteiger partial charge in [-0.25, -0.2) is 0 Å². The molecule has 0 unspecified atom stereocenters. The first-order valence-electron chi connectivity index (χ1n) is 4.94. The van der Waals surface area contributed by atoms with E-state index in [4.69, 9.17) is 46.4 Å². The summed E-state index contributed by atoms with van der Waals surface area (Å²) < 4.78 is 0. The number of aromatic nitrogens is 2. The van der Waals surface area contributed by atoms with Crippen molar-refractivity contribution in [2.45, 2.75) is 0 Å². The van der Waals surface area contributed by atoms with Gasteiger partial charge in [-0.1, -0.05) is 35.4 Å². The molecule has 0 aliphatic heterocycles. The second-order valence-corrected chi connectivity index (χ2v) is 4.57. The van der Waals surface area contributed by atoms with Crippen LogP contribution in [0.1, 0.15) is 11.1 Å². The van der Waals surface area contributed by atoms with Crippen LogP contribution in [-0.4, -0.2) is 15.0 Å². The molecule has 0 aliphatic carbocycles. The molecule has 2 rings (SSSR count). The van der Waals surface area contributed by atoms with E-state index >= 15 is 0 Å². The summed E-state index contributed by atoms with van der Waals surface area (Å²) >= 11 is 15.8. The monoisotopic (exact) mass is 310 g/mol. The lowest BCUT2D eigenvalue weighted by Crippen LogP contribution is -2.09. The van der Waals surface area contributed by atoms with E-state index in [9.17, 15) is 0 Å². The Balaban J connectivity index is 0.000000191. The maximum Gasteiger partial charge on any atom is 0.105 e. The van der Waals surface area contributed by atoms with Gasteiger partial charge in [-0.3, -0.25) is 9.97 Å². The summed E-state index contributed by atoms with van der Waals surface area (Å²) in [6, 6.07) is 5.16. The minimum Gasteiger partial charge on any atom is -0.389 e. The van der Waals surface area contributed by atoms with E-state index in [1.54, 1.807) is 18.3 Å². The zero-order valence-corrected chi connectivity index (χ0v) is 11.9. The molecule has 2 aromatic heterocycles. The predicted octanol–water partition coefficient (Wildman–Crippen LogP) is 2.98. The molecule has 0 aromatic carbocycles. The third kappa shape index (κ3) is 5.62. The molecule has 0 radical (unpaired) electrons. The van der Waals surface area contributed by atoms with Crippen molar-refractivity contribution in [2.75, 3.05) is 0 Å². The molecule has 0 spiro atoms. The number of nitriles is 1. The van der Waals surface area contributed by atoms with Crippen LogP contribution in [0.5, 0.6) is 0 Å². The first-order chi connectivity index (χ1) is 9.02. The molecular weight excluding hydrogens is 303 g/mol. The van der Waals surface area contributed by atoms with Gasteiger partial charge in [-0.05, 0) is 12.1 Å². The zero-order valence-electron chi connectivity index (χ0n) is 9.55. The number of halogens is 2. The van der Waals surface area contributed by atoms with Crippen LogP contribution in [0.15, 0.2) is 36.9 Å². The molecule has 2 aromatic rings. The SMILES string of the molecule is N#Cc1cncc(Cl)c1.NC(=S)c1cncc(Cl)c1. The van der Waals surface area contributed by atoms with Gasteiger partial charge in [-0.2, -0.15) is 5.26 Å². The molecule has 0 atom stereocenters. The summed E-state index contributed by atoms with van der Waals surface area (Å²) in [6.45, 7) is 0. The Labute approximate surface area is 125 Å². The lowest BCUT2D eigenvalue weighted by molar-refractivity contribution is 1.30. The van der Waals surface area contributed by atoms with Gasteiger partial charge in [0.05, 0.1) is 15.6 Å². The maximum absolute atomic E-state index is 8.31. The number of nitrogens with two attached hydrogens (primary N) is 1. The molecule has 0 aliphatic rings. The van der Waals surface area contributed by atoms with Crippen molar-refractivity contribution >= 4 is 40.4 Å². The molecule has 7 heteroatoms. The average molecular weight is 311 g/mol. The van der Waals surface area contributed by atoms with E-state index in [0.29, 0.717) is 26.2 Å². The minimum absolute atomic E-state index is 0.315. The zero-order chi connectivity index (χ0) is 14.3. The summed E-state index contributed by atoms with van der Waals surface area (Å²) in [7, 11) is 0. The van der Waals surface area contributed by atoms with Crippen LogP contribution in [0.2, 0.25) is 10.0 Å². The van der Waals surface area contributed by atoms with Crippen LogP contribution in [0, 0.1) is 11.3 Å². The van der Waals surface area contributed by atoms with E-state index in [-0.39, 0.29) is 0 Å². The lowest BCUT2D eigenvalue weighted by atomic mass is 10.3. The first kappa shape index (κ1) is 15.3. The van der Waals surface area contributed by atoms with Crippen molar-refractivity contribution in [2.24, 2.45) is 5.73 Å². The Hall–Kier alpha value is -1.74. The van der Waals surface area contributed by atoms with Gasteiger partial charge in [0.25, 0.3) is 0 Å². The Morgan fingerprint density at radius 2 is 1.68 bits per heavy atom. The van der Waals surface area contributed by atoms with Crippen molar-refractivity contribution in [1.29, 1.82) is 5.26 Å². The molecule has 0 amide bonds. The van der Waals surface area contributed by atoms with Crippen LogP contribution in [0.25, 0.3) is 0 Å². The van der Waals surface area contributed by atoms with Crippen molar-refractivity contribution in [3.63, 3.8) is 0 Å². The van der Waals surface area contributed by atoms with Gasteiger partial charge in [0.1, 0.15) is 11.1 Å². The average Bonchev–Trinajstić information content (AvgIpc) is 2.39. The second kappa shape index (κ2) is 7.64. The lowest BCUT2D eigenvalue weighted by Gasteiger charge is -1.95. The summed E-state index contributed by atoms with van der Waals surface area (Å²) in [5, 5.41) is 9.35. The molecule has 2 N–H and O–H groups in total. The van der Waals surface area contributed by atoms with Crippen molar-refractivity contribution in [1.82, 2.24) is 9.97 Å². The summed E-state index contributed by atoms with van der Waals surface area (Å²) in [5.41, 5.74) is 6.50. The topological polar surface area (TPSA) is 75.6 Å². The number of nitrogens with zero attached hydrogens (tertiary/aromatic N) is 3. The van der Waals surface area contributed by atoms with E-state index in [1.807, 2.05) is 6.07 Å². The quantitative estimate of drug-likeness (QED) is 0.819. The smallest absolute Gasteiger partial charge is 0.105 e. The van der Waals surface area contributed by atoms with Crippen LogP contribution in [0.4, 0.5) is 0 Å². The van der Waals surface area contributed by atoms with Gasteiger partial charge in [-0.15, -0.1) is 0 Å². The summed E-state index contributed by atoms with van der Waals surface area (Å²) in [5.74, 6) is 0. The second-order valence-electron chi connectivity index (χ2n) is 3.26. The van der Waals surface area contributed by atoms with Crippen LogP contribution >= 0.6 is 35.4 Å². The van der Waals surface area contributed by atoms with E-state index < -0.39 is 0 Å². The van der Waals surface area contributed by atoms with Gasteiger partial charge >= 0.3 is 0 Å². The van der Waals surface area contributed by atoms with E-state index in [1.165, 1.54) is 18.6 Å². The number of rotatable bonds is 1. The van der Waals surface area contributed by atoms with Crippen molar-refractivity contribution < 1.29 is 0 Å². The molecule has 0 saturated carbocycles. The van der Waals surface area contributed by atoms with E-state index in [2.05, 4.69) is 9.97 Å². The Bertz CT molecular complexity index is 625. The van der Waals surface area contributed by atoms with Crippen molar-refractivity contribution in [3.05, 3.63) is 58.1 Å². The van der Waals surface area contributed by atoms with E-state index in [0.717, 1.165) is 0 Å². The van der Waals surface area contributed by atoms with Crippen LogP contribution < -0.4 is 5.73 Å². The molecule has 4 nitrogen and oxygen atoms in total. The van der Waals surface area contributed by atoms with Crippen molar-refractivity contribution in [3.8, 4) is 6.07 Å². The third-order valence-electron chi connectivity index (χ3n) is 1.82. The van der Waals surface area contributed by atoms with Gasteiger partial charge < -0.3 is 5.73 Å². The summed E-state index contributed by atoms with van der Waals surface area (Å²) in [6.07, 6.45) is 6.06. The highest BCUT2D eigenvalue weighted by Gasteiger charge is 1.95. The standard InChI is InChI=1S/C6H5ClN2S.C6H3ClN2/c7-5-1-4(6(8)10)2-9-3-5;7-6-1-5(2-8)3-9-4-6/h1-3H,(H2,8,10);1,3-4H. The highest BCUT2D eigenvalue weighted by Crippen LogP contribution is 2.07. The van der Waals surface area contributed by atoms with Crippen LogP contribution in [0.3, 0.4) is 0 Å². The summed E-state index contributed by atoms with van der Waals surface area (Å²) in [4.78, 5) is 7.82. The normalized spacial score (nSPS) is 8.89. The number of hydrogen-bond donors (Lipinski definition) is 1. The highest BCUT2D eigenvalue weighted by molar-refractivity contribution is 7.80. The number of hydrogen-bond acceptors (Lipinski definition) is 4. The Morgan fingerprint density at radius 1 is 1.11 bits per heavy atom. The molecule has 0 bridgehead atoms. The number of pyridine rings is 2. The van der Waals surface area contributed by atoms with Gasteiger partial charge in [0.15, 0.2) is 0 Å². The Morgan fingerprint density at radius 3 is 2.05 bits per heavy atom. The first-order valence-corrected chi connectivity index (χ1v) is 6.10. The molecule has 2 heterocycles. The molecule has 0 saturated heterocycles.